The average Bonchev–Trinajstić information content (AvgIpc) is 2.03. The molecule has 0 aliphatic heterocycles. The minimum atomic E-state index is -3.67. The quantitative estimate of drug-likeness (QED) is 0.692. The van der Waals surface area contributed by atoms with E-state index in [0.29, 0.717) is 6.54 Å². The maximum atomic E-state index is 12.4. The highest BCUT2D eigenvalue weighted by Crippen LogP contribution is 2.12. The topological polar surface area (TPSA) is 49.3 Å². The Bertz CT molecular complexity index is 178. The molecule has 78 valence electrons. The van der Waals surface area contributed by atoms with Crippen molar-refractivity contribution >= 4 is 17.7 Å². The van der Waals surface area contributed by atoms with Crippen LogP contribution < -0.4 is 5.32 Å². The van der Waals surface area contributed by atoms with Crippen molar-refractivity contribution in [3.63, 3.8) is 0 Å². The molecule has 0 bridgehead atoms. The molecule has 6 heteroatoms. The predicted octanol–water partition coefficient (Wildman–Crippen LogP) is 1.05. The SMILES string of the molecule is CSC(C)CNCC(F)(F)C(=O)O. The summed E-state index contributed by atoms with van der Waals surface area (Å²) in [5, 5.41) is 10.7. The molecule has 0 amide bonds. The van der Waals surface area contributed by atoms with Gasteiger partial charge in [-0.25, -0.2) is 4.79 Å². The first-order valence-electron chi connectivity index (χ1n) is 3.75. The highest BCUT2D eigenvalue weighted by atomic mass is 32.2. The maximum absolute atomic E-state index is 12.4. The summed E-state index contributed by atoms with van der Waals surface area (Å²) >= 11 is 1.53. The first-order valence-corrected chi connectivity index (χ1v) is 5.03. The van der Waals surface area contributed by atoms with E-state index in [2.05, 4.69) is 5.32 Å². The van der Waals surface area contributed by atoms with Crippen molar-refractivity contribution < 1.29 is 18.7 Å². The molecular formula is C7H13F2NO2S. The third kappa shape index (κ3) is 5.05. The van der Waals surface area contributed by atoms with Crippen LogP contribution in [0, 0.1) is 0 Å². The summed E-state index contributed by atoms with van der Waals surface area (Å²) in [5.41, 5.74) is 0. The van der Waals surface area contributed by atoms with Crippen molar-refractivity contribution in [3.05, 3.63) is 0 Å². The van der Waals surface area contributed by atoms with Crippen LogP contribution in [-0.2, 0) is 4.79 Å². The molecule has 0 radical (unpaired) electrons. The molecule has 0 heterocycles. The van der Waals surface area contributed by atoms with Gasteiger partial charge in [0.15, 0.2) is 0 Å². The van der Waals surface area contributed by atoms with Gasteiger partial charge in [0.1, 0.15) is 0 Å². The highest BCUT2D eigenvalue weighted by molar-refractivity contribution is 7.99. The van der Waals surface area contributed by atoms with Gasteiger partial charge in [-0.3, -0.25) is 0 Å². The lowest BCUT2D eigenvalue weighted by Gasteiger charge is -2.14. The molecular weight excluding hydrogens is 200 g/mol. The third-order valence-corrected chi connectivity index (χ3v) is 2.47. The van der Waals surface area contributed by atoms with Crippen molar-refractivity contribution in [2.24, 2.45) is 0 Å². The van der Waals surface area contributed by atoms with Crippen LogP contribution in [0.1, 0.15) is 6.92 Å². The van der Waals surface area contributed by atoms with Gasteiger partial charge in [0.25, 0.3) is 0 Å². The first kappa shape index (κ1) is 12.6. The lowest BCUT2D eigenvalue weighted by atomic mass is 10.3. The van der Waals surface area contributed by atoms with Crippen LogP contribution in [0.2, 0.25) is 0 Å². The zero-order chi connectivity index (χ0) is 10.5. The van der Waals surface area contributed by atoms with E-state index in [4.69, 9.17) is 5.11 Å². The number of hydrogen-bond donors (Lipinski definition) is 2. The van der Waals surface area contributed by atoms with Gasteiger partial charge in [-0.15, -0.1) is 0 Å². The van der Waals surface area contributed by atoms with Crippen LogP contribution in [0.3, 0.4) is 0 Å². The fourth-order valence-electron chi connectivity index (χ4n) is 0.591. The van der Waals surface area contributed by atoms with Gasteiger partial charge in [-0.2, -0.15) is 20.5 Å². The molecule has 0 aromatic carbocycles. The summed E-state index contributed by atoms with van der Waals surface area (Å²) in [6, 6.07) is 0. The highest BCUT2D eigenvalue weighted by Gasteiger charge is 2.38. The van der Waals surface area contributed by atoms with Gasteiger partial charge in [0.05, 0.1) is 6.54 Å². The lowest BCUT2D eigenvalue weighted by molar-refractivity contribution is -0.163. The molecule has 3 nitrogen and oxygen atoms in total. The Labute approximate surface area is 79.9 Å². The fraction of sp³-hybridized carbons (Fsp3) is 0.857. The molecule has 0 aromatic rings. The van der Waals surface area contributed by atoms with E-state index < -0.39 is 18.4 Å². The molecule has 1 atom stereocenters. The summed E-state index contributed by atoms with van der Waals surface area (Å²) in [6.45, 7) is 1.44. The Morgan fingerprint density at radius 2 is 2.23 bits per heavy atom. The van der Waals surface area contributed by atoms with Crippen LogP contribution >= 0.6 is 11.8 Å². The molecule has 0 saturated heterocycles. The van der Waals surface area contributed by atoms with Crippen molar-refractivity contribution in [3.8, 4) is 0 Å². The Morgan fingerprint density at radius 3 is 2.62 bits per heavy atom. The number of carbonyl (C=O) groups is 1. The average molecular weight is 213 g/mol. The number of carboxylic acid groups (broad SMARTS) is 1. The van der Waals surface area contributed by atoms with Crippen molar-refractivity contribution in [1.82, 2.24) is 5.32 Å². The number of halogens is 2. The van der Waals surface area contributed by atoms with Crippen molar-refractivity contribution in [1.29, 1.82) is 0 Å². The zero-order valence-electron chi connectivity index (χ0n) is 7.51. The van der Waals surface area contributed by atoms with Gasteiger partial charge >= 0.3 is 11.9 Å². The zero-order valence-corrected chi connectivity index (χ0v) is 8.33. The predicted molar refractivity (Wildman–Crippen MR) is 48.4 cm³/mol. The Balaban J connectivity index is 3.70. The minimum Gasteiger partial charge on any atom is -0.477 e. The summed E-state index contributed by atoms with van der Waals surface area (Å²) in [5.74, 6) is -5.75. The summed E-state index contributed by atoms with van der Waals surface area (Å²) in [7, 11) is 0. The fourth-order valence-corrected chi connectivity index (χ4v) is 0.876. The van der Waals surface area contributed by atoms with Crippen LogP contribution in [0.4, 0.5) is 8.78 Å². The van der Waals surface area contributed by atoms with Gasteiger partial charge in [-0.1, -0.05) is 6.92 Å². The standard InChI is InChI=1S/C7H13F2NO2S/c1-5(13-2)3-10-4-7(8,9)6(11)12/h5,10H,3-4H2,1-2H3,(H,11,12). The number of alkyl halides is 2. The summed E-state index contributed by atoms with van der Waals surface area (Å²) < 4.78 is 24.9. The van der Waals surface area contributed by atoms with Gasteiger partial charge in [0, 0.05) is 11.8 Å². The summed E-state index contributed by atoms with van der Waals surface area (Å²) in [4.78, 5) is 9.97. The molecule has 1 unspecified atom stereocenters. The molecule has 2 N–H and O–H groups in total. The van der Waals surface area contributed by atoms with E-state index in [1.165, 1.54) is 11.8 Å². The number of carboxylic acids is 1. The van der Waals surface area contributed by atoms with Crippen LogP contribution in [0.15, 0.2) is 0 Å². The Morgan fingerprint density at radius 1 is 1.69 bits per heavy atom. The molecule has 0 aromatic heterocycles. The van der Waals surface area contributed by atoms with E-state index in [1.54, 1.807) is 0 Å². The van der Waals surface area contributed by atoms with Crippen LogP contribution in [0.25, 0.3) is 0 Å². The lowest BCUT2D eigenvalue weighted by Crippen LogP contribution is -2.41. The van der Waals surface area contributed by atoms with Crippen LogP contribution in [0.5, 0.6) is 0 Å². The smallest absolute Gasteiger partial charge is 0.375 e. The first-order chi connectivity index (χ1) is 5.90. The number of nitrogens with one attached hydrogen (secondary N) is 1. The second-order valence-electron chi connectivity index (χ2n) is 2.69. The second-order valence-corrected chi connectivity index (χ2v) is 3.96. The van der Waals surface area contributed by atoms with E-state index in [1.807, 2.05) is 13.2 Å². The maximum Gasteiger partial charge on any atom is 0.375 e. The van der Waals surface area contributed by atoms with Gasteiger partial charge in [-0.05, 0) is 6.26 Å². The monoisotopic (exact) mass is 213 g/mol. The molecule has 0 aliphatic rings. The normalized spacial score (nSPS) is 14.2. The van der Waals surface area contributed by atoms with Crippen molar-refractivity contribution in [2.45, 2.75) is 18.1 Å². The molecule has 0 saturated carbocycles. The van der Waals surface area contributed by atoms with Gasteiger partial charge in [0.2, 0.25) is 0 Å². The van der Waals surface area contributed by atoms with E-state index in [-0.39, 0.29) is 5.25 Å². The van der Waals surface area contributed by atoms with E-state index in [0.717, 1.165) is 0 Å². The molecule has 0 fully saturated rings. The Kier molecular flexibility index (Phi) is 5.24. The van der Waals surface area contributed by atoms with E-state index in [9.17, 15) is 13.6 Å². The molecule has 0 aliphatic carbocycles. The molecule has 13 heavy (non-hydrogen) atoms. The third-order valence-electron chi connectivity index (χ3n) is 1.49. The second kappa shape index (κ2) is 5.39. The largest absolute Gasteiger partial charge is 0.477 e. The minimum absolute atomic E-state index is 0.199. The van der Waals surface area contributed by atoms with Gasteiger partial charge < -0.3 is 10.4 Å². The van der Waals surface area contributed by atoms with Crippen molar-refractivity contribution in [2.75, 3.05) is 19.3 Å². The molecule has 0 spiro atoms. The number of thioether (sulfide) groups is 1. The van der Waals surface area contributed by atoms with Crippen LogP contribution in [-0.4, -0.2) is 41.6 Å². The number of aliphatic carboxylic acids is 1. The van der Waals surface area contributed by atoms with E-state index >= 15 is 0 Å². The number of rotatable bonds is 6. The molecule has 0 rings (SSSR count). The summed E-state index contributed by atoms with van der Waals surface area (Å²) in [6.07, 6.45) is 1.86. The Hall–Kier alpha value is -0.360. The number of hydrogen-bond acceptors (Lipinski definition) is 3.